The fraction of sp³-hybridized carbons (Fsp3) is 0.174. The molecule has 3 nitrogen and oxygen atoms in total. The molecular weight excluding hydrogens is 322 g/mol. The number of benzene rings is 4. The zero-order valence-corrected chi connectivity index (χ0v) is 15.2. The van der Waals surface area contributed by atoms with Crippen molar-refractivity contribution >= 4 is 44.1 Å². The molecule has 0 aliphatic carbocycles. The van der Waals surface area contributed by atoms with Crippen LogP contribution < -0.4 is 5.32 Å². The van der Waals surface area contributed by atoms with Gasteiger partial charge in [-0.3, -0.25) is 5.32 Å². The summed E-state index contributed by atoms with van der Waals surface area (Å²) in [5.41, 5.74) is 3.27. The zero-order valence-electron chi connectivity index (χ0n) is 15.2. The monoisotopic (exact) mass is 343 g/mol. The van der Waals surface area contributed by atoms with Crippen LogP contribution in [0.1, 0.15) is 18.1 Å². The summed E-state index contributed by atoms with van der Waals surface area (Å²) in [5, 5.41) is 9.99. The van der Waals surface area contributed by atoms with Gasteiger partial charge in [-0.25, -0.2) is 4.79 Å². The van der Waals surface area contributed by atoms with Gasteiger partial charge in [0, 0.05) is 5.39 Å². The van der Waals surface area contributed by atoms with Crippen LogP contribution in [0.3, 0.4) is 0 Å². The number of rotatable bonds is 2. The van der Waals surface area contributed by atoms with Gasteiger partial charge in [0.1, 0.15) is 0 Å². The number of hydrogen-bond acceptors (Lipinski definition) is 2. The van der Waals surface area contributed by atoms with E-state index in [0.29, 0.717) is 6.61 Å². The van der Waals surface area contributed by atoms with E-state index in [-0.39, 0.29) is 0 Å². The first-order chi connectivity index (χ1) is 12.6. The first kappa shape index (κ1) is 16.4. The van der Waals surface area contributed by atoms with Crippen molar-refractivity contribution in [3.05, 3.63) is 65.7 Å². The van der Waals surface area contributed by atoms with E-state index >= 15 is 0 Å². The summed E-state index contributed by atoms with van der Waals surface area (Å²) in [4.78, 5) is 12.0. The number of hydrogen-bond donors (Lipinski definition) is 1. The summed E-state index contributed by atoms with van der Waals surface area (Å²) in [7, 11) is 0. The molecule has 0 radical (unpaired) electrons. The van der Waals surface area contributed by atoms with Crippen LogP contribution in [0.4, 0.5) is 10.5 Å². The Morgan fingerprint density at radius 3 is 2.08 bits per heavy atom. The number of amides is 1. The molecule has 4 aromatic rings. The smallest absolute Gasteiger partial charge is 0.411 e. The number of nitrogens with one attached hydrogen (secondary N) is 1. The Balaban J connectivity index is 2.13. The van der Waals surface area contributed by atoms with Gasteiger partial charge in [-0.05, 0) is 64.9 Å². The van der Waals surface area contributed by atoms with Gasteiger partial charge in [0.05, 0.1) is 12.3 Å². The molecule has 3 heteroatoms. The molecule has 0 unspecified atom stereocenters. The van der Waals surface area contributed by atoms with E-state index in [1.807, 2.05) is 18.2 Å². The molecule has 0 saturated carbocycles. The molecule has 1 amide bonds. The third-order valence-corrected chi connectivity index (χ3v) is 5.07. The van der Waals surface area contributed by atoms with Crippen molar-refractivity contribution < 1.29 is 9.53 Å². The summed E-state index contributed by atoms with van der Waals surface area (Å²) in [6.07, 6.45) is -0.424. The number of ether oxygens (including phenoxy) is 1. The van der Waals surface area contributed by atoms with Gasteiger partial charge < -0.3 is 4.74 Å². The van der Waals surface area contributed by atoms with Crippen LogP contribution in [0.15, 0.2) is 54.6 Å². The largest absolute Gasteiger partial charge is 0.450 e. The highest BCUT2D eigenvalue weighted by Crippen LogP contribution is 2.39. The minimum Gasteiger partial charge on any atom is -0.450 e. The quantitative estimate of drug-likeness (QED) is 0.341. The van der Waals surface area contributed by atoms with Crippen LogP contribution in [-0.4, -0.2) is 12.7 Å². The second-order valence-electron chi connectivity index (χ2n) is 6.53. The minimum absolute atomic E-state index is 0.347. The molecule has 0 atom stereocenters. The van der Waals surface area contributed by atoms with Gasteiger partial charge in [-0.15, -0.1) is 0 Å². The van der Waals surface area contributed by atoms with Crippen molar-refractivity contribution in [3.63, 3.8) is 0 Å². The van der Waals surface area contributed by atoms with Crippen LogP contribution in [0.5, 0.6) is 0 Å². The first-order valence-corrected chi connectivity index (χ1v) is 8.89. The molecule has 0 aliphatic heterocycles. The molecule has 4 rings (SSSR count). The molecule has 0 spiro atoms. The molecule has 0 saturated heterocycles. The van der Waals surface area contributed by atoms with Crippen LogP contribution in [0, 0.1) is 13.8 Å². The van der Waals surface area contributed by atoms with Gasteiger partial charge in [-0.1, -0.05) is 48.5 Å². The highest BCUT2D eigenvalue weighted by atomic mass is 16.5. The second-order valence-corrected chi connectivity index (χ2v) is 6.53. The molecule has 130 valence electrons. The van der Waals surface area contributed by atoms with Crippen LogP contribution in [0.25, 0.3) is 32.3 Å². The lowest BCUT2D eigenvalue weighted by Crippen LogP contribution is -2.13. The summed E-state index contributed by atoms with van der Waals surface area (Å²) >= 11 is 0. The Kier molecular flexibility index (Phi) is 4.00. The molecule has 1 N–H and O–H groups in total. The summed E-state index contributed by atoms with van der Waals surface area (Å²) in [6, 6.07) is 18.8. The van der Waals surface area contributed by atoms with Gasteiger partial charge in [0.2, 0.25) is 0 Å². The normalized spacial score (nSPS) is 11.2. The lowest BCUT2D eigenvalue weighted by Gasteiger charge is -2.17. The minimum atomic E-state index is -0.424. The standard InChI is InChI=1S/C23H21NO2/c1-4-26-23(25)24-21-13-20-14(2)16-9-5-6-10-17(16)15(3)22(20)19-12-8-7-11-18(19)21/h5-13H,4H2,1-3H3,(H,24,25). The highest BCUT2D eigenvalue weighted by molar-refractivity contribution is 6.20. The van der Waals surface area contributed by atoms with Crippen LogP contribution >= 0.6 is 0 Å². The number of anilines is 1. The lowest BCUT2D eigenvalue weighted by molar-refractivity contribution is 0.168. The molecule has 26 heavy (non-hydrogen) atoms. The maximum Gasteiger partial charge on any atom is 0.411 e. The topological polar surface area (TPSA) is 38.3 Å². The van der Waals surface area contributed by atoms with Gasteiger partial charge in [0.15, 0.2) is 0 Å². The Hall–Kier alpha value is -3.07. The predicted molar refractivity (Wildman–Crippen MR) is 109 cm³/mol. The van der Waals surface area contributed by atoms with E-state index in [2.05, 4.69) is 55.6 Å². The van der Waals surface area contributed by atoms with E-state index in [4.69, 9.17) is 4.74 Å². The number of aryl methyl sites for hydroxylation is 2. The van der Waals surface area contributed by atoms with Crippen molar-refractivity contribution in [2.45, 2.75) is 20.8 Å². The summed E-state index contributed by atoms with van der Waals surface area (Å²) < 4.78 is 5.08. The fourth-order valence-corrected chi connectivity index (χ4v) is 3.87. The van der Waals surface area contributed by atoms with Crippen LogP contribution in [0.2, 0.25) is 0 Å². The second kappa shape index (κ2) is 6.34. The maximum atomic E-state index is 12.0. The fourth-order valence-electron chi connectivity index (χ4n) is 3.87. The van der Waals surface area contributed by atoms with Crippen molar-refractivity contribution in [2.24, 2.45) is 0 Å². The average molecular weight is 343 g/mol. The Morgan fingerprint density at radius 2 is 1.42 bits per heavy atom. The Labute approximate surface area is 152 Å². The molecule has 0 fully saturated rings. The molecule has 0 aliphatic rings. The predicted octanol–water partition coefficient (Wildman–Crippen LogP) is 6.33. The average Bonchev–Trinajstić information content (AvgIpc) is 2.66. The van der Waals surface area contributed by atoms with E-state index in [9.17, 15) is 4.79 Å². The van der Waals surface area contributed by atoms with E-state index < -0.39 is 6.09 Å². The van der Waals surface area contributed by atoms with Crippen molar-refractivity contribution in [2.75, 3.05) is 11.9 Å². The van der Waals surface area contributed by atoms with Gasteiger partial charge in [-0.2, -0.15) is 0 Å². The highest BCUT2D eigenvalue weighted by Gasteiger charge is 2.15. The third-order valence-electron chi connectivity index (χ3n) is 5.07. The summed E-state index contributed by atoms with van der Waals surface area (Å²) in [5.74, 6) is 0. The van der Waals surface area contributed by atoms with Gasteiger partial charge >= 0.3 is 6.09 Å². The number of fused-ring (bicyclic) bond motifs is 4. The molecule has 0 aromatic heterocycles. The number of carbonyl (C=O) groups is 1. The SMILES string of the molecule is CCOC(=O)Nc1cc2c(C)c3ccccc3c(C)c2c2ccccc12. The van der Waals surface area contributed by atoms with Gasteiger partial charge in [0.25, 0.3) is 0 Å². The Bertz CT molecular complexity index is 1160. The zero-order chi connectivity index (χ0) is 18.3. The van der Waals surface area contributed by atoms with Crippen molar-refractivity contribution in [1.82, 2.24) is 0 Å². The number of carbonyl (C=O) groups excluding carboxylic acids is 1. The first-order valence-electron chi connectivity index (χ1n) is 8.89. The van der Waals surface area contributed by atoms with Crippen LogP contribution in [-0.2, 0) is 4.74 Å². The van der Waals surface area contributed by atoms with Crippen molar-refractivity contribution in [1.29, 1.82) is 0 Å². The lowest BCUT2D eigenvalue weighted by atomic mass is 9.89. The molecular formula is C23H21NO2. The van der Waals surface area contributed by atoms with E-state index in [1.165, 1.54) is 27.3 Å². The third kappa shape index (κ3) is 2.48. The molecule has 0 heterocycles. The molecule has 4 aromatic carbocycles. The van der Waals surface area contributed by atoms with E-state index in [1.54, 1.807) is 6.92 Å². The Morgan fingerprint density at radius 1 is 0.846 bits per heavy atom. The maximum absolute atomic E-state index is 12.0. The van der Waals surface area contributed by atoms with Crippen molar-refractivity contribution in [3.8, 4) is 0 Å². The molecule has 0 bridgehead atoms. The van der Waals surface area contributed by atoms with E-state index in [0.717, 1.165) is 21.8 Å². The summed E-state index contributed by atoms with van der Waals surface area (Å²) in [6.45, 7) is 6.47.